The highest BCUT2D eigenvalue weighted by molar-refractivity contribution is 5.81. The number of anilines is 2. The first-order valence-electron chi connectivity index (χ1n) is 5.74. The standard InChI is InChI=1S/C11H21N5O/c1-5-16(6-8(12)17)11-9(13)10(7(2)3)14-15(11)4/h7H,5-6,13H2,1-4H3,(H2,12,17). The van der Waals surface area contributed by atoms with E-state index in [2.05, 4.69) is 5.10 Å². The summed E-state index contributed by atoms with van der Waals surface area (Å²) in [5.74, 6) is 0.635. The van der Waals surface area contributed by atoms with Gasteiger partial charge in [0.15, 0.2) is 5.82 Å². The van der Waals surface area contributed by atoms with Crippen LogP contribution in [-0.2, 0) is 11.8 Å². The van der Waals surface area contributed by atoms with Gasteiger partial charge >= 0.3 is 0 Å². The number of aryl methyl sites for hydroxylation is 1. The van der Waals surface area contributed by atoms with Gasteiger partial charge in [0.05, 0.1) is 17.9 Å². The number of nitrogens with two attached hydrogens (primary N) is 2. The molecule has 0 radical (unpaired) electrons. The van der Waals surface area contributed by atoms with E-state index in [0.29, 0.717) is 12.2 Å². The number of nitrogens with zero attached hydrogens (tertiary/aromatic N) is 3. The van der Waals surface area contributed by atoms with Crippen molar-refractivity contribution in [3.63, 3.8) is 0 Å². The lowest BCUT2D eigenvalue weighted by Gasteiger charge is -2.21. The molecular weight excluding hydrogens is 218 g/mol. The number of nitrogen functional groups attached to an aromatic ring is 1. The van der Waals surface area contributed by atoms with E-state index in [1.54, 1.807) is 4.68 Å². The summed E-state index contributed by atoms with van der Waals surface area (Å²) in [5, 5.41) is 4.38. The third kappa shape index (κ3) is 2.69. The van der Waals surface area contributed by atoms with Crippen LogP contribution in [0, 0.1) is 0 Å². The fourth-order valence-corrected chi connectivity index (χ4v) is 1.88. The fourth-order valence-electron chi connectivity index (χ4n) is 1.88. The number of carbonyl (C=O) groups is 1. The Morgan fingerprint density at radius 2 is 2.12 bits per heavy atom. The Labute approximate surface area is 102 Å². The first kappa shape index (κ1) is 13.3. The van der Waals surface area contributed by atoms with Gasteiger partial charge in [0.2, 0.25) is 5.91 Å². The lowest BCUT2D eigenvalue weighted by atomic mass is 10.1. The summed E-state index contributed by atoms with van der Waals surface area (Å²) in [7, 11) is 1.82. The Balaban J connectivity index is 3.15. The van der Waals surface area contributed by atoms with Crippen LogP contribution in [0.2, 0.25) is 0 Å². The number of hydrogen-bond acceptors (Lipinski definition) is 4. The average Bonchev–Trinajstić information content (AvgIpc) is 2.51. The maximum Gasteiger partial charge on any atom is 0.236 e. The predicted octanol–water partition coefficient (Wildman–Crippen LogP) is 0.437. The molecule has 0 unspecified atom stereocenters. The molecule has 0 atom stereocenters. The van der Waals surface area contributed by atoms with E-state index in [1.165, 1.54) is 0 Å². The van der Waals surface area contributed by atoms with Crippen molar-refractivity contribution in [2.75, 3.05) is 23.7 Å². The summed E-state index contributed by atoms with van der Waals surface area (Å²) >= 11 is 0. The summed E-state index contributed by atoms with van der Waals surface area (Å²) in [5.41, 5.74) is 12.8. The van der Waals surface area contributed by atoms with Crippen molar-refractivity contribution < 1.29 is 4.79 Å². The van der Waals surface area contributed by atoms with E-state index >= 15 is 0 Å². The molecule has 96 valence electrons. The third-order valence-electron chi connectivity index (χ3n) is 2.66. The number of likely N-dealkylation sites (N-methyl/N-ethyl adjacent to an activating group) is 1. The minimum absolute atomic E-state index is 0.151. The zero-order valence-corrected chi connectivity index (χ0v) is 10.9. The van der Waals surface area contributed by atoms with Crippen molar-refractivity contribution in [2.24, 2.45) is 12.8 Å². The van der Waals surface area contributed by atoms with Gasteiger partial charge < -0.3 is 16.4 Å². The lowest BCUT2D eigenvalue weighted by Crippen LogP contribution is -2.35. The molecule has 6 heteroatoms. The predicted molar refractivity (Wildman–Crippen MR) is 68.8 cm³/mol. The van der Waals surface area contributed by atoms with E-state index in [9.17, 15) is 4.79 Å². The van der Waals surface area contributed by atoms with Crippen LogP contribution < -0.4 is 16.4 Å². The van der Waals surface area contributed by atoms with Crippen LogP contribution in [0.15, 0.2) is 0 Å². The Hall–Kier alpha value is -1.72. The lowest BCUT2D eigenvalue weighted by molar-refractivity contribution is -0.116. The van der Waals surface area contributed by atoms with Crippen LogP contribution in [0.25, 0.3) is 0 Å². The highest BCUT2D eigenvalue weighted by Gasteiger charge is 2.20. The Bertz CT molecular complexity index is 410. The second-order valence-electron chi connectivity index (χ2n) is 4.38. The van der Waals surface area contributed by atoms with Crippen LogP contribution in [0.4, 0.5) is 11.5 Å². The smallest absolute Gasteiger partial charge is 0.236 e. The van der Waals surface area contributed by atoms with Gasteiger partial charge in [0.25, 0.3) is 0 Å². The maximum atomic E-state index is 11.0. The topological polar surface area (TPSA) is 90.2 Å². The first-order chi connectivity index (χ1) is 7.88. The third-order valence-corrected chi connectivity index (χ3v) is 2.66. The van der Waals surface area contributed by atoms with Crippen molar-refractivity contribution in [3.05, 3.63) is 5.69 Å². The van der Waals surface area contributed by atoms with Gasteiger partial charge in [-0.1, -0.05) is 13.8 Å². The second kappa shape index (κ2) is 5.07. The molecule has 0 aliphatic heterocycles. The molecule has 0 saturated carbocycles. The molecule has 0 fully saturated rings. The summed E-state index contributed by atoms with van der Waals surface area (Å²) in [6, 6.07) is 0. The van der Waals surface area contributed by atoms with Gasteiger partial charge in [-0.3, -0.25) is 9.48 Å². The molecule has 0 aromatic carbocycles. The molecule has 0 bridgehead atoms. The van der Waals surface area contributed by atoms with E-state index in [4.69, 9.17) is 11.5 Å². The molecule has 1 aromatic heterocycles. The van der Waals surface area contributed by atoms with Crippen LogP contribution in [0.3, 0.4) is 0 Å². The minimum atomic E-state index is -0.376. The number of rotatable bonds is 5. The SMILES string of the molecule is CCN(CC(N)=O)c1c(N)c(C(C)C)nn1C. The number of amides is 1. The first-order valence-corrected chi connectivity index (χ1v) is 5.74. The second-order valence-corrected chi connectivity index (χ2v) is 4.38. The Kier molecular flexibility index (Phi) is 3.98. The van der Waals surface area contributed by atoms with E-state index in [1.807, 2.05) is 32.7 Å². The summed E-state index contributed by atoms with van der Waals surface area (Å²) in [4.78, 5) is 12.8. The molecule has 1 aromatic rings. The summed E-state index contributed by atoms with van der Waals surface area (Å²) in [6.07, 6.45) is 0. The molecule has 0 saturated heterocycles. The fraction of sp³-hybridized carbons (Fsp3) is 0.636. The number of aromatic nitrogens is 2. The van der Waals surface area contributed by atoms with Crippen molar-refractivity contribution in [1.29, 1.82) is 0 Å². The number of carbonyl (C=O) groups excluding carboxylic acids is 1. The van der Waals surface area contributed by atoms with Gasteiger partial charge in [-0.2, -0.15) is 5.10 Å². The summed E-state index contributed by atoms with van der Waals surface area (Å²) in [6.45, 7) is 6.83. The molecule has 17 heavy (non-hydrogen) atoms. The van der Waals surface area contributed by atoms with E-state index in [-0.39, 0.29) is 18.4 Å². The molecule has 1 amide bonds. The normalized spacial score (nSPS) is 10.9. The molecule has 4 N–H and O–H groups in total. The van der Waals surface area contributed by atoms with Crippen LogP contribution in [0.5, 0.6) is 0 Å². The number of hydrogen-bond donors (Lipinski definition) is 2. The van der Waals surface area contributed by atoms with Gasteiger partial charge in [0.1, 0.15) is 0 Å². The molecule has 1 rings (SSSR count). The van der Waals surface area contributed by atoms with Crippen LogP contribution in [0.1, 0.15) is 32.4 Å². The van der Waals surface area contributed by atoms with Crippen LogP contribution in [-0.4, -0.2) is 28.8 Å². The zero-order valence-electron chi connectivity index (χ0n) is 10.9. The Morgan fingerprint density at radius 3 is 2.47 bits per heavy atom. The van der Waals surface area contributed by atoms with Crippen molar-refractivity contribution in [1.82, 2.24) is 9.78 Å². The summed E-state index contributed by atoms with van der Waals surface area (Å²) < 4.78 is 1.71. The molecule has 6 nitrogen and oxygen atoms in total. The van der Waals surface area contributed by atoms with Crippen LogP contribution >= 0.6 is 0 Å². The van der Waals surface area contributed by atoms with E-state index in [0.717, 1.165) is 11.5 Å². The van der Waals surface area contributed by atoms with Crippen molar-refractivity contribution >= 4 is 17.4 Å². The molecule has 0 aliphatic rings. The average molecular weight is 239 g/mol. The molecule has 0 spiro atoms. The van der Waals surface area contributed by atoms with Gasteiger partial charge in [-0.25, -0.2) is 0 Å². The molecule has 1 heterocycles. The van der Waals surface area contributed by atoms with Gasteiger partial charge in [-0.05, 0) is 12.8 Å². The monoisotopic (exact) mass is 239 g/mol. The highest BCUT2D eigenvalue weighted by Crippen LogP contribution is 2.30. The largest absolute Gasteiger partial charge is 0.394 e. The zero-order chi connectivity index (χ0) is 13.2. The Morgan fingerprint density at radius 1 is 1.53 bits per heavy atom. The molecule has 0 aliphatic carbocycles. The van der Waals surface area contributed by atoms with E-state index < -0.39 is 0 Å². The van der Waals surface area contributed by atoms with Gasteiger partial charge in [-0.15, -0.1) is 0 Å². The van der Waals surface area contributed by atoms with Crippen molar-refractivity contribution in [2.45, 2.75) is 26.7 Å². The number of primary amides is 1. The quantitative estimate of drug-likeness (QED) is 0.780. The van der Waals surface area contributed by atoms with Crippen molar-refractivity contribution in [3.8, 4) is 0 Å². The van der Waals surface area contributed by atoms with Gasteiger partial charge in [0, 0.05) is 13.6 Å². The highest BCUT2D eigenvalue weighted by atomic mass is 16.1. The molecular formula is C11H21N5O. The minimum Gasteiger partial charge on any atom is -0.394 e. The maximum absolute atomic E-state index is 11.0.